The van der Waals surface area contributed by atoms with E-state index in [2.05, 4.69) is 27.1 Å². The lowest BCUT2D eigenvalue weighted by atomic mass is 10.2. The van der Waals surface area contributed by atoms with Gasteiger partial charge in [-0.05, 0) is 19.2 Å². The van der Waals surface area contributed by atoms with Crippen LogP contribution in [0.1, 0.15) is 10.4 Å². The minimum Gasteiger partial charge on any atom is -0.336 e. The highest BCUT2D eigenvalue weighted by Crippen LogP contribution is 2.09. The molecule has 0 bridgehead atoms. The summed E-state index contributed by atoms with van der Waals surface area (Å²) in [5.41, 5.74) is 0.617. The number of aromatic nitrogens is 4. The maximum Gasteiger partial charge on any atom is 0.255 e. The number of pyridine rings is 1. The van der Waals surface area contributed by atoms with Crippen molar-refractivity contribution >= 4 is 5.91 Å². The fraction of sp³-hybridized carbons (Fsp3) is 0.385. The molecule has 20 heavy (non-hydrogen) atoms. The molecule has 0 radical (unpaired) electrons. The van der Waals surface area contributed by atoms with Gasteiger partial charge in [-0.15, -0.1) is 10.2 Å². The fourth-order valence-corrected chi connectivity index (χ4v) is 2.18. The highest BCUT2D eigenvalue weighted by molar-refractivity contribution is 5.94. The summed E-state index contributed by atoms with van der Waals surface area (Å²) in [4.78, 5) is 20.7. The Morgan fingerprint density at radius 1 is 1.10 bits per heavy atom. The summed E-state index contributed by atoms with van der Waals surface area (Å²) in [5, 5.41) is 7.46. The summed E-state index contributed by atoms with van der Waals surface area (Å²) in [5.74, 6) is 0.742. The number of likely N-dealkylation sites (N-methyl/N-ethyl adjacent to an activating group) is 1. The number of hydrogen-bond acceptors (Lipinski definition) is 5. The molecule has 2 aromatic rings. The molecule has 1 saturated heterocycles. The van der Waals surface area contributed by atoms with Gasteiger partial charge in [-0.1, -0.05) is 0 Å². The van der Waals surface area contributed by atoms with Crippen LogP contribution >= 0.6 is 0 Å². The average molecular weight is 272 g/mol. The zero-order chi connectivity index (χ0) is 13.9. The third-order valence-electron chi connectivity index (χ3n) is 3.47. The zero-order valence-corrected chi connectivity index (χ0v) is 11.3. The predicted molar refractivity (Wildman–Crippen MR) is 72.6 cm³/mol. The van der Waals surface area contributed by atoms with E-state index in [-0.39, 0.29) is 5.91 Å². The van der Waals surface area contributed by atoms with Crippen LogP contribution < -0.4 is 0 Å². The van der Waals surface area contributed by atoms with Crippen LogP contribution in [0.4, 0.5) is 0 Å². The van der Waals surface area contributed by atoms with Crippen molar-refractivity contribution in [1.82, 2.24) is 29.5 Å². The second-order valence-corrected chi connectivity index (χ2v) is 4.87. The summed E-state index contributed by atoms with van der Waals surface area (Å²) in [6, 6.07) is 3.59. The molecule has 0 atom stereocenters. The van der Waals surface area contributed by atoms with Crippen LogP contribution in [0.5, 0.6) is 0 Å². The highest BCUT2D eigenvalue weighted by atomic mass is 16.2. The molecular formula is C13H16N6O. The Kier molecular flexibility index (Phi) is 3.42. The number of nitrogens with zero attached hydrogens (tertiary/aromatic N) is 6. The second-order valence-electron chi connectivity index (χ2n) is 4.87. The van der Waals surface area contributed by atoms with E-state index in [1.807, 2.05) is 4.90 Å². The Hall–Kier alpha value is -2.28. The van der Waals surface area contributed by atoms with Gasteiger partial charge >= 0.3 is 0 Å². The van der Waals surface area contributed by atoms with E-state index < -0.39 is 0 Å². The van der Waals surface area contributed by atoms with Crippen LogP contribution in [-0.2, 0) is 0 Å². The van der Waals surface area contributed by atoms with Crippen molar-refractivity contribution in [3.05, 3.63) is 36.5 Å². The number of carbonyl (C=O) groups excluding carboxylic acids is 1. The van der Waals surface area contributed by atoms with Crippen molar-refractivity contribution in [3.8, 4) is 5.82 Å². The van der Waals surface area contributed by atoms with E-state index in [1.54, 1.807) is 35.6 Å². The van der Waals surface area contributed by atoms with Crippen molar-refractivity contribution in [2.75, 3.05) is 33.2 Å². The molecule has 104 valence electrons. The minimum absolute atomic E-state index is 0.0425. The maximum absolute atomic E-state index is 12.3. The topological polar surface area (TPSA) is 67.2 Å². The first-order chi connectivity index (χ1) is 9.74. The summed E-state index contributed by atoms with van der Waals surface area (Å²) in [7, 11) is 2.07. The lowest BCUT2D eigenvalue weighted by Crippen LogP contribution is -2.47. The molecule has 0 saturated carbocycles. The van der Waals surface area contributed by atoms with Crippen LogP contribution in [0, 0.1) is 0 Å². The number of rotatable bonds is 2. The van der Waals surface area contributed by atoms with Gasteiger partial charge < -0.3 is 9.80 Å². The largest absolute Gasteiger partial charge is 0.336 e. The summed E-state index contributed by atoms with van der Waals surface area (Å²) < 4.78 is 1.70. The van der Waals surface area contributed by atoms with Gasteiger partial charge in [0, 0.05) is 32.4 Å². The molecule has 2 aromatic heterocycles. The Balaban J connectivity index is 1.73. The maximum atomic E-state index is 12.3. The smallest absolute Gasteiger partial charge is 0.255 e. The number of carbonyl (C=O) groups is 1. The van der Waals surface area contributed by atoms with Gasteiger partial charge in [0.05, 0.1) is 5.56 Å². The first-order valence-electron chi connectivity index (χ1n) is 6.53. The molecule has 7 heteroatoms. The lowest BCUT2D eigenvalue weighted by molar-refractivity contribution is 0.0663. The van der Waals surface area contributed by atoms with Crippen molar-refractivity contribution < 1.29 is 4.79 Å². The van der Waals surface area contributed by atoms with Gasteiger partial charge in [0.2, 0.25) is 0 Å². The zero-order valence-electron chi connectivity index (χ0n) is 11.3. The Morgan fingerprint density at radius 2 is 1.80 bits per heavy atom. The Bertz CT molecular complexity index is 571. The third-order valence-corrected chi connectivity index (χ3v) is 3.47. The summed E-state index contributed by atoms with van der Waals surface area (Å²) in [6.07, 6.45) is 4.75. The van der Waals surface area contributed by atoms with Crippen LogP contribution in [0.3, 0.4) is 0 Å². The summed E-state index contributed by atoms with van der Waals surface area (Å²) in [6.45, 7) is 3.36. The van der Waals surface area contributed by atoms with E-state index in [0.717, 1.165) is 26.2 Å². The molecule has 0 N–H and O–H groups in total. The first-order valence-corrected chi connectivity index (χ1v) is 6.53. The number of amides is 1. The van der Waals surface area contributed by atoms with Gasteiger partial charge in [-0.2, -0.15) is 0 Å². The molecular weight excluding hydrogens is 256 g/mol. The van der Waals surface area contributed by atoms with Crippen molar-refractivity contribution in [3.63, 3.8) is 0 Å². The van der Waals surface area contributed by atoms with Crippen LogP contribution in [0.2, 0.25) is 0 Å². The molecule has 0 aliphatic carbocycles. The number of piperazine rings is 1. The first kappa shape index (κ1) is 12.7. The van der Waals surface area contributed by atoms with Gasteiger partial charge in [-0.3, -0.25) is 9.36 Å². The second kappa shape index (κ2) is 5.38. The molecule has 0 aromatic carbocycles. The highest BCUT2D eigenvalue weighted by Gasteiger charge is 2.20. The molecule has 1 aliphatic rings. The van der Waals surface area contributed by atoms with Gasteiger partial charge in [0.15, 0.2) is 0 Å². The molecule has 1 fully saturated rings. The lowest BCUT2D eigenvalue weighted by Gasteiger charge is -2.32. The summed E-state index contributed by atoms with van der Waals surface area (Å²) >= 11 is 0. The van der Waals surface area contributed by atoms with E-state index in [1.165, 1.54) is 0 Å². The standard InChI is InChI=1S/C13H16N6O/c1-17-4-6-18(7-5-17)13(20)11-2-3-12(14-8-11)19-9-15-16-10-19/h2-3,8-10H,4-7H2,1H3. The monoisotopic (exact) mass is 272 g/mol. The van der Waals surface area contributed by atoms with Crippen molar-refractivity contribution in [2.45, 2.75) is 0 Å². The quantitative estimate of drug-likeness (QED) is 0.773. The average Bonchev–Trinajstić information content (AvgIpc) is 3.02. The normalized spacial score (nSPS) is 16.4. The third kappa shape index (κ3) is 2.53. The van der Waals surface area contributed by atoms with E-state index >= 15 is 0 Å². The molecule has 1 amide bonds. The van der Waals surface area contributed by atoms with E-state index in [9.17, 15) is 4.79 Å². The van der Waals surface area contributed by atoms with Crippen molar-refractivity contribution in [2.24, 2.45) is 0 Å². The van der Waals surface area contributed by atoms with Crippen LogP contribution in [0.15, 0.2) is 31.0 Å². The molecule has 3 heterocycles. The minimum atomic E-state index is 0.0425. The molecule has 0 unspecified atom stereocenters. The van der Waals surface area contributed by atoms with Crippen LogP contribution in [-0.4, -0.2) is 68.7 Å². The van der Waals surface area contributed by atoms with Crippen molar-refractivity contribution in [1.29, 1.82) is 0 Å². The van der Waals surface area contributed by atoms with Crippen LogP contribution in [0.25, 0.3) is 5.82 Å². The molecule has 0 spiro atoms. The van der Waals surface area contributed by atoms with E-state index in [4.69, 9.17) is 0 Å². The molecule has 3 rings (SSSR count). The van der Waals surface area contributed by atoms with Gasteiger partial charge in [0.25, 0.3) is 5.91 Å². The Labute approximate surface area is 116 Å². The van der Waals surface area contributed by atoms with Gasteiger partial charge in [0.1, 0.15) is 18.5 Å². The number of hydrogen-bond donors (Lipinski definition) is 0. The SMILES string of the molecule is CN1CCN(C(=O)c2ccc(-n3cnnc3)nc2)CC1. The van der Waals surface area contributed by atoms with E-state index in [0.29, 0.717) is 11.4 Å². The molecule has 1 aliphatic heterocycles. The molecule has 7 nitrogen and oxygen atoms in total. The Morgan fingerprint density at radius 3 is 2.40 bits per heavy atom. The van der Waals surface area contributed by atoms with Gasteiger partial charge in [-0.25, -0.2) is 4.98 Å². The fourth-order valence-electron chi connectivity index (χ4n) is 2.18. The predicted octanol–water partition coefficient (Wildman–Crippen LogP) is 0.0499.